The summed E-state index contributed by atoms with van der Waals surface area (Å²) in [6.07, 6.45) is 5.28. The van der Waals surface area contributed by atoms with E-state index in [0.29, 0.717) is 12.3 Å². The molecule has 2 heterocycles. The van der Waals surface area contributed by atoms with Crippen molar-refractivity contribution in [3.05, 3.63) is 71.4 Å². The summed E-state index contributed by atoms with van der Waals surface area (Å²) in [6, 6.07) is 8.98. The van der Waals surface area contributed by atoms with Crippen molar-refractivity contribution < 1.29 is 9.53 Å². The molecular weight excluding hydrogens is 342 g/mol. The van der Waals surface area contributed by atoms with Gasteiger partial charge in [0, 0.05) is 36.6 Å². The number of nitrogens with one attached hydrogen (secondary N) is 2. The van der Waals surface area contributed by atoms with E-state index in [1.807, 2.05) is 44.2 Å². The summed E-state index contributed by atoms with van der Waals surface area (Å²) < 4.78 is 6.04. The molecule has 0 aliphatic rings. The number of carbonyl (C=O) groups excluding carboxylic acids is 1. The summed E-state index contributed by atoms with van der Waals surface area (Å²) in [6.45, 7) is 4.26. The smallest absolute Gasteiger partial charge is 0.237 e. The van der Waals surface area contributed by atoms with Crippen LogP contribution in [0.25, 0.3) is 0 Å². The van der Waals surface area contributed by atoms with Crippen molar-refractivity contribution in [2.45, 2.75) is 32.9 Å². The molecule has 0 aliphatic carbocycles. The van der Waals surface area contributed by atoms with Gasteiger partial charge in [0.2, 0.25) is 11.8 Å². The summed E-state index contributed by atoms with van der Waals surface area (Å²) in [4.78, 5) is 23.5. The fraction of sp³-hybridized carbons (Fsp3) is 0.250. The number of hydrogen-bond donors (Lipinski definition) is 3. The number of aromatic amines is 1. The number of aryl methyl sites for hydroxylation is 2. The molecule has 0 spiro atoms. The van der Waals surface area contributed by atoms with Crippen LogP contribution in [0.5, 0.6) is 11.6 Å². The van der Waals surface area contributed by atoms with E-state index in [4.69, 9.17) is 10.5 Å². The van der Waals surface area contributed by atoms with E-state index >= 15 is 0 Å². The molecule has 0 fully saturated rings. The molecular formula is C20H23N5O2. The van der Waals surface area contributed by atoms with Crippen LogP contribution < -0.4 is 15.8 Å². The molecule has 0 unspecified atom stereocenters. The second kappa shape index (κ2) is 8.46. The van der Waals surface area contributed by atoms with E-state index in [-0.39, 0.29) is 12.5 Å². The van der Waals surface area contributed by atoms with Gasteiger partial charge in [-0.2, -0.15) is 0 Å². The zero-order valence-corrected chi connectivity index (χ0v) is 15.4. The molecule has 3 rings (SSSR count). The van der Waals surface area contributed by atoms with Gasteiger partial charge >= 0.3 is 0 Å². The predicted molar refractivity (Wildman–Crippen MR) is 102 cm³/mol. The minimum atomic E-state index is -0.662. The Hall–Kier alpha value is -3.19. The number of ether oxygens (including phenoxy) is 1. The van der Waals surface area contributed by atoms with Crippen molar-refractivity contribution in [3.8, 4) is 11.6 Å². The molecule has 27 heavy (non-hydrogen) atoms. The second-order valence-electron chi connectivity index (χ2n) is 6.40. The van der Waals surface area contributed by atoms with E-state index in [0.717, 1.165) is 28.1 Å². The van der Waals surface area contributed by atoms with Gasteiger partial charge in [0.25, 0.3) is 0 Å². The highest BCUT2D eigenvalue weighted by atomic mass is 16.5. The van der Waals surface area contributed by atoms with E-state index in [2.05, 4.69) is 20.3 Å². The Balaban J connectivity index is 1.66. The number of benzene rings is 1. The summed E-state index contributed by atoms with van der Waals surface area (Å²) in [5.74, 6) is 1.00. The van der Waals surface area contributed by atoms with Crippen LogP contribution in [-0.4, -0.2) is 26.9 Å². The summed E-state index contributed by atoms with van der Waals surface area (Å²) in [5, 5.41) is 2.85. The van der Waals surface area contributed by atoms with Crippen LogP contribution in [0.2, 0.25) is 0 Å². The highest BCUT2D eigenvalue weighted by Gasteiger charge is 2.16. The Kier molecular flexibility index (Phi) is 5.83. The van der Waals surface area contributed by atoms with E-state index in [9.17, 15) is 4.79 Å². The molecule has 1 atom stereocenters. The van der Waals surface area contributed by atoms with E-state index < -0.39 is 6.04 Å². The fourth-order valence-corrected chi connectivity index (χ4v) is 2.75. The van der Waals surface area contributed by atoms with Crippen molar-refractivity contribution in [1.29, 1.82) is 0 Å². The Labute approximate surface area is 158 Å². The SMILES string of the molecule is Cc1cccc(C)c1Oc1ncccc1CNC(=O)[C@@H](N)Cc1cnc[nH]1. The highest BCUT2D eigenvalue weighted by molar-refractivity contribution is 5.81. The van der Waals surface area contributed by atoms with Crippen molar-refractivity contribution in [1.82, 2.24) is 20.3 Å². The molecule has 0 bridgehead atoms. The Morgan fingerprint density at radius 1 is 1.26 bits per heavy atom. The van der Waals surface area contributed by atoms with Crippen LogP contribution in [0.4, 0.5) is 0 Å². The Morgan fingerprint density at radius 3 is 2.74 bits per heavy atom. The third-order valence-electron chi connectivity index (χ3n) is 4.24. The van der Waals surface area contributed by atoms with Crippen molar-refractivity contribution in [3.63, 3.8) is 0 Å². The number of nitrogens with two attached hydrogens (primary N) is 1. The van der Waals surface area contributed by atoms with Crippen LogP contribution >= 0.6 is 0 Å². The maximum Gasteiger partial charge on any atom is 0.237 e. The molecule has 3 aromatic rings. The van der Waals surface area contributed by atoms with E-state index in [1.54, 1.807) is 18.7 Å². The van der Waals surface area contributed by atoms with Crippen molar-refractivity contribution in [2.24, 2.45) is 5.73 Å². The van der Waals surface area contributed by atoms with Gasteiger partial charge in [0.05, 0.1) is 12.4 Å². The van der Waals surface area contributed by atoms with Gasteiger partial charge in [0.15, 0.2) is 0 Å². The normalized spacial score (nSPS) is 11.8. The van der Waals surface area contributed by atoms with Crippen molar-refractivity contribution >= 4 is 5.91 Å². The van der Waals surface area contributed by atoms with Crippen LogP contribution in [-0.2, 0) is 17.8 Å². The molecule has 0 saturated carbocycles. The lowest BCUT2D eigenvalue weighted by molar-refractivity contribution is -0.122. The number of rotatable bonds is 7. The van der Waals surface area contributed by atoms with Crippen LogP contribution in [0.1, 0.15) is 22.4 Å². The third-order valence-corrected chi connectivity index (χ3v) is 4.24. The number of amides is 1. The van der Waals surface area contributed by atoms with Crippen LogP contribution in [0, 0.1) is 13.8 Å². The molecule has 1 amide bonds. The number of H-pyrrole nitrogens is 1. The number of carbonyl (C=O) groups is 1. The average molecular weight is 365 g/mol. The number of hydrogen-bond acceptors (Lipinski definition) is 5. The lowest BCUT2D eigenvalue weighted by Gasteiger charge is -2.15. The topological polar surface area (TPSA) is 106 Å². The molecule has 0 aliphatic heterocycles. The average Bonchev–Trinajstić information content (AvgIpc) is 3.16. The summed E-state index contributed by atoms with van der Waals surface area (Å²) in [7, 11) is 0. The van der Waals surface area contributed by atoms with Gasteiger partial charge in [0.1, 0.15) is 5.75 Å². The molecule has 7 nitrogen and oxygen atoms in total. The Bertz CT molecular complexity index is 888. The molecule has 0 saturated heterocycles. The highest BCUT2D eigenvalue weighted by Crippen LogP contribution is 2.29. The number of para-hydroxylation sites is 1. The van der Waals surface area contributed by atoms with Gasteiger partial charge in [-0.15, -0.1) is 0 Å². The summed E-state index contributed by atoms with van der Waals surface area (Å²) in [5.41, 5.74) is 9.62. The maximum atomic E-state index is 12.3. The standard InChI is InChI=1S/C20H23N5O2/c1-13-5-3-6-14(2)18(13)27-20-15(7-4-8-23-20)10-24-19(26)17(21)9-16-11-22-12-25-16/h3-8,11-12,17H,9-10,21H2,1-2H3,(H,22,25)(H,24,26)/t17-/m0/s1. The Morgan fingerprint density at radius 2 is 2.04 bits per heavy atom. The first-order valence-corrected chi connectivity index (χ1v) is 8.73. The first kappa shape index (κ1) is 18.6. The van der Waals surface area contributed by atoms with Gasteiger partial charge in [-0.25, -0.2) is 9.97 Å². The van der Waals surface area contributed by atoms with E-state index in [1.165, 1.54) is 0 Å². The van der Waals surface area contributed by atoms with Gasteiger partial charge in [-0.05, 0) is 31.0 Å². The number of aromatic nitrogens is 3. The minimum absolute atomic E-state index is 0.244. The molecule has 2 aromatic heterocycles. The first-order chi connectivity index (χ1) is 13.0. The monoisotopic (exact) mass is 365 g/mol. The molecule has 1 aromatic carbocycles. The number of nitrogens with zero attached hydrogens (tertiary/aromatic N) is 2. The van der Waals surface area contributed by atoms with Crippen LogP contribution in [0.3, 0.4) is 0 Å². The van der Waals surface area contributed by atoms with Gasteiger partial charge in [-0.1, -0.05) is 24.3 Å². The third kappa shape index (κ3) is 4.71. The molecule has 7 heteroatoms. The largest absolute Gasteiger partial charge is 0.438 e. The van der Waals surface area contributed by atoms with Crippen molar-refractivity contribution in [2.75, 3.05) is 0 Å². The predicted octanol–water partition coefficient (Wildman–Crippen LogP) is 2.40. The first-order valence-electron chi connectivity index (χ1n) is 8.73. The van der Waals surface area contributed by atoms with Gasteiger partial charge < -0.3 is 20.8 Å². The molecule has 140 valence electrons. The second-order valence-corrected chi connectivity index (χ2v) is 6.40. The minimum Gasteiger partial charge on any atom is -0.438 e. The molecule has 4 N–H and O–H groups in total. The summed E-state index contributed by atoms with van der Waals surface area (Å²) >= 11 is 0. The lowest BCUT2D eigenvalue weighted by Crippen LogP contribution is -2.41. The quantitative estimate of drug-likeness (QED) is 0.596. The number of imidazole rings is 1. The number of pyridine rings is 1. The van der Waals surface area contributed by atoms with Crippen LogP contribution in [0.15, 0.2) is 49.1 Å². The maximum absolute atomic E-state index is 12.3. The zero-order valence-electron chi connectivity index (χ0n) is 15.4. The lowest BCUT2D eigenvalue weighted by atomic mass is 10.1. The molecule has 0 radical (unpaired) electrons. The fourth-order valence-electron chi connectivity index (χ4n) is 2.75. The zero-order chi connectivity index (χ0) is 19.2. The van der Waals surface area contributed by atoms with Gasteiger partial charge in [-0.3, -0.25) is 4.79 Å².